The highest BCUT2D eigenvalue weighted by molar-refractivity contribution is 6.10. The van der Waals surface area contributed by atoms with Crippen molar-refractivity contribution in [1.29, 1.82) is 0 Å². The number of benzene rings is 6. The molecular weight excluding hydrogens is 436 g/mol. The van der Waals surface area contributed by atoms with Crippen LogP contribution in [0.5, 0.6) is 0 Å². The maximum Gasteiger partial charge on any atom is 0.0542 e. The third-order valence-corrected chi connectivity index (χ3v) is 6.97. The molecule has 1 aromatic heterocycles. The van der Waals surface area contributed by atoms with E-state index in [1.807, 2.05) is 0 Å². The maximum absolute atomic E-state index is 3.67. The fourth-order valence-electron chi connectivity index (χ4n) is 5.25. The molecule has 7 rings (SSSR count). The van der Waals surface area contributed by atoms with Crippen molar-refractivity contribution in [2.75, 3.05) is 5.32 Å². The Morgan fingerprint density at radius 3 is 1.97 bits per heavy atom. The van der Waals surface area contributed by atoms with Gasteiger partial charge < -0.3 is 9.88 Å². The van der Waals surface area contributed by atoms with Crippen LogP contribution in [0.25, 0.3) is 49.4 Å². The Labute approximate surface area is 210 Å². The van der Waals surface area contributed by atoms with Crippen molar-refractivity contribution in [1.82, 2.24) is 4.57 Å². The van der Waals surface area contributed by atoms with E-state index in [0.29, 0.717) is 0 Å². The number of nitrogens with zero attached hydrogens (tertiary/aromatic N) is 1. The molecule has 36 heavy (non-hydrogen) atoms. The van der Waals surface area contributed by atoms with Crippen molar-refractivity contribution >= 4 is 44.0 Å². The van der Waals surface area contributed by atoms with E-state index in [-0.39, 0.29) is 0 Å². The van der Waals surface area contributed by atoms with Crippen LogP contribution in [0.3, 0.4) is 0 Å². The Bertz CT molecular complexity index is 1840. The summed E-state index contributed by atoms with van der Waals surface area (Å²) in [6, 6.07) is 49.6. The standard InChI is InChI=1S/C34H24N2/c1-2-9-24(10-3-1)25-17-20-28(21-18-25)36-33-16-7-6-14-30(33)31-23-27(19-22-34(31)36)35-32-15-8-12-26-11-4-5-13-29(26)32/h1-23,35H. The second-order valence-electron chi connectivity index (χ2n) is 9.15. The lowest BCUT2D eigenvalue weighted by Crippen LogP contribution is -1.94. The van der Waals surface area contributed by atoms with Crippen LogP contribution < -0.4 is 5.32 Å². The lowest BCUT2D eigenvalue weighted by molar-refractivity contribution is 1.18. The number of hydrogen-bond donors (Lipinski definition) is 1. The predicted molar refractivity (Wildman–Crippen MR) is 153 cm³/mol. The fourth-order valence-corrected chi connectivity index (χ4v) is 5.25. The summed E-state index contributed by atoms with van der Waals surface area (Å²) in [6.45, 7) is 0. The highest BCUT2D eigenvalue weighted by Crippen LogP contribution is 2.35. The van der Waals surface area contributed by atoms with Gasteiger partial charge in [-0.15, -0.1) is 0 Å². The molecule has 0 fully saturated rings. The predicted octanol–water partition coefficient (Wildman–Crippen LogP) is 9.35. The zero-order valence-electron chi connectivity index (χ0n) is 19.7. The van der Waals surface area contributed by atoms with E-state index in [2.05, 4.69) is 149 Å². The van der Waals surface area contributed by atoms with Crippen LogP contribution in [0, 0.1) is 0 Å². The molecule has 1 N–H and O–H groups in total. The van der Waals surface area contributed by atoms with Gasteiger partial charge in [-0.3, -0.25) is 0 Å². The van der Waals surface area contributed by atoms with Crippen molar-refractivity contribution < 1.29 is 0 Å². The van der Waals surface area contributed by atoms with Gasteiger partial charge in [-0.05, 0) is 59.0 Å². The van der Waals surface area contributed by atoms with Crippen LogP contribution in [-0.2, 0) is 0 Å². The summed E-state index contributed by atoms with van der Waals surface area (Å²) in [4.78, 5) is 0. The first-order valence-electron chi connectivity index (χ1n) is 12.3. The Morgan fingerprint density at radius 1 is 0.444 bits per heavy atom. The van der Waals surface area contributed by atoms with Gasteiger partial charge in [0.05, 0.1) is 11.0 Å². The minimum Gasteiger partial charge on any atom is -0.355 e. The number of rotatable bonds is 4. The van der Waals surface area contributed by atoms with E-state index >= 15 is 0 Å². The fraction of sp³-hybridized carbons (Fsp3) is 0. The van der Waals surface area contributed by atoms with E-state index in [1.54, 1.807) is 0 Å². The third kappa shape index (κ3) is 3.43. The molecule has 0 aliphatic carbocycles. The maximum atomic E-state index is 3.67. The van der Waals surface area contributed by atoms with Gasteiger partial charge >= 0.3 is 0 Å². The van der Waals surface area contributed by atoms with Gasteiger partial charge in [-0.1, -0.05) is 97.1 Å². The molecule has 0 aliphatic heterocycles. The number of fused-ring (bicyclic) bond motifs is 4. The number of aromatic nitrogens is 1. The molecule has 0 saturated heterocycles. The van der Waals surface area contributed by atoms with Gasteiger partial charge in [0.2, 0.25) is 0 Å². The van der Waals surface area contributed by atoms with Crippen molar-refractivity contribution in [2.45, 2.75) is 0 Å². The first-order chi connectivity index (χ1) is 17.8. The number of nitrogens with one attached hydrogen (secondary N) is 1. The van der Waals surface area contributed by atoms with Gasteiger partial charge in [-0.2, -0.15) is 0 Å². The lowest BCUT2D eigenvalue weighted by atomic mass is 10.1. The largest absolute Gasteiger partial charge is 0.355 e. The van der Waals surface area contributed by atoms with Crippen LogP contribution in [-0.4, -0.2) is 4.57 Å². The molecular formula is C34H24N2. The van der Waals surface area contributed by atoms with Crippen LogP contribution in [0.4, 0.5) is 11.4 Å². The van der Waals surface area contributed by atoms with E-state index in [0.717, 1.165) is 17.1 Å². The summed E-state index contributed by atoms with van der Waals surface area (Å²) in [5.74, 6) is 0. The van der Waals surface area contributed by atoms with Gasteiger partial charge in [0.1, 0.15) is 0 Å². The molecule has 1 heterocycles. The topological polar surface area (TPSA) is 17.0 Å². The zero-order chi connectivity index (χ0) is 23.9. The molecule has 0 amide bonds. The van der Waals surface area contributed by atoms with Gasteiger partial charge in [-0.25, -0.2) is 0 Å². The van der Waals surface area contributed by atoms with Gasteiger partial charge in [0.15, 0.2) is 0 Å². The van der Waals surface area contributed by atoms with Crippen molar-refractivity contribution in [2.24, 2.45) is 0 Å². The molecule has 0 saturated carbocycles. The lowest BCUT2D eigenvalue weighted by Gasteiger charge is -2.11. The minimum absolute atomic E-state index is 1.08. The Morgan fingerprint density at radius 2 is 1.11 bits per heavy atom. The Balaban J connectivity index is 1.34. The smallest absolute Gasteiger partial charge is 0.0542 e. The number of hydrogen-bond acceptors (Lipinski definition) is 1. The van der Waals surface area contributed by atoms with E-state index in [4.69, 9.17) is 0 Å². The van der Waals surface area contributed by atoms with E-state index in [1.165, 1.54) is 43.7 Å². The molecule has 7 aromatic rings. The van der Waals surface area contributed by atoms with Crippen LogP contribution in [0.15, 0.2) is 140 Å². The number of anilines is 2. The molecule has 0 bridgehead atoms. The van der Waals surface area contributed by atoms with Gasteiger partial charge in [0.25, 0.3) is 0 Å². The quantitative estimate of drug-likeness (QED) is 0.277. The summed E-state index contributed by atoms with van der Waals surface area (Å²) in [5, 5.41) is 8.62. The van der Waals surface area contributed by atoms with E-state index in [9.17, 15) is 0 Å². The molecule has 6 aromatic carbocycles. The Hall–Kier alpha value is -4.82. The SMILES string of the molecule is c1ccc(-c2ccc(-n3c4ccccc4c4cc(Nc5cccc6ccccc56)ccc43)cc2)cc1. The minimum atomic E-state index is 1.08. The molecule has 0 spiro atoms. The Kier molecular flexibility index (Phi) is 4.82. The summed E-state index contributed by atoms with van der Waals surface area (Å²) in [6.07, 6.45) is 0. The highest BCUT2D eigenvalue weighted by Gasteiger charge is 2.13. The molecule has 170 valence electrons. The van der Waals surface area contributed by atoms with Gasteiger partial charge in [0, 0.05) is 33.2 Å². The second-order valence-corrected chi connectivity index (χ2v) is 9.15. The molecule has 0 atom stereocenters. The zero-order valence-corrected chi connectivity index (χ0v) is 19.7. The monoisotopic (exact) mass is 460 g/mol. The second kappa shape index (κ2) is 8.44. The first-order valence-corrected chi connectivity index (χ1v) is 12.3. The molecule has 0 radical (unpaired) electrons. The summed E-state index contributed by atoms with van der Waals surface area (Å²) >= 11 is 0. The highest BCUT2D eigenvalue weighted by atomic mass is 15.0. The van der Waals surface area contributed by atoms with E-state index < -0.39 is 0 Å². The average Bonchev–Trinajstić information content (AvgIpc) is 3.28. The van der Waals surface area contributed by atoms with Crippen molar-refractivity contribution in [3.8, 4) is 16.8 Å². The van der Waals surface area contributed by atoms with Crippen LogP contribution in [0.2, 0.25) is 0 Å². The van der Waals surface area contributed by atoms with Crippen molar-refractivity contribution in [3.63, 3.8) is 0 Å². The normalized spacial score (nSPS) is 11.3. The molecule has 2 heteroatoms. The third-order valence-electron chi connectivity index (χ3n) is 6.97. The first kappa shape index (κ1) is 20.5. The summed E-state index contributed by atoms with van der Waals surface area (Å²) < 4.78 is 2.36. The number of para-hydroxylation sites is 1. The van der Waals surface area contributed by atoms with Crippen LogP contribution >= 0.6 is 0 Å². The van der Waals surface area contributed by atoms with Crippen LogP contribution in [0.1, 0.15) is 0 Å². The van der Waals surface area contributed by atoms with Crippen molar-refractivity contribution in [3.05, 3.63) is 140 Å². The molecule has 0 aliphatic rings. The molecule has 0 unspecified atom stereocenters. The average molecular weight is 461 g/mol. The molecule has 2 nitrogen and oxygen atoms in total. The summed E-state index contributed by atoms with van der Waals surface area (Å²) in [7, 11) is 0. The summed E-state index contributed by atoms with van der Waals surface area (Å²) in [5.41, 5.74) is 8.23.